The SMILES string of the molecule is CCN1CCC(N(C)C(=O)CC(C)C2CCCNC2)CC1.Cl.Cl. The van der Waals surface area contributed by atoms with E-state index in [1.807, 2.05) is 11.9 Å². The predicted molar refractivity (Wildman–Crippen MR) is 102 cm³/mol. The fourth-order valence-corrected chi connectivity index (χ4v) is 3.78. The lowest BCUT2D eigenvalue weighted by Crippen LogP contribution is -2.46. The van der Waals surface area contributed by atoms with Crippen molar-refractivity contribution in [2.45, 2.75) is 52.0 Å². The standard InChI is InChI=1S/C17H33N3O.2ClH/c1-4-20-10-7-16(8-11-20)19(3)17(21)12-14(2)15-6-5-9-18-13-15;;/h14-16,18H,4-13H2,1-3H3;2*1H. The summed E-state index contributed by atoms with van der Waals surface area (Å²) in [7, 11) is 2.01. The number of carbonyl (C=O) groups excluding carboxylic acids is 1. The van der Waals surface area contributed by atoms with Crippen molar-refractivity contribution >= 4 is 30.7 Å². The first kappa shape index (κ1) is 23.0. The number of carbonyl (C=O) groups is 1. The van der Waals surface area contributed by atoms with Gasteiger partial charge in [0.25, 0.3) is 0 Å². The molecule has 2 atom stereocenters. The zero-order valence-corrected chi connectivity index (χ0v) is 16.6. The van der Waals surface area contributed by atoms with Crippen LogP contribution in [0.3, 0.4) is 0 Å². The highest BCUT2D eigenvalue weighted by Crippen LogP contribution is 2.24. The second-order valence-electron chi connectivity index (χ2n) is 6.96. The number of nitrogens with zero attached hydrogens (tertiary/aromatic N) is 2. The normalized spacial score (nSPS) is 24.2. The van der Waals surface area contributed by atoms with Gasteiger partial charge in [-0.25, -0.2) is 0 Å². The molecule has 0 spiro atoms. The lowest BCUT2D eigenvalue weighted by molar-refractivity contribution is -0.134. The number of likely N-dealkylation sites (tertiary alicyclic amines) is 1. The van der Waals surface area contributed by atoms with Crippen molar-refractivity contribution in [3.05, 3.63) is 0 Å². The van der Waals surface area contributed by atoms with Crippen LogP contribution in [0.2, 0.25) is 0 Å². The summed E-state index contributed by atoms with van der Waals surface area (Å²) in [4.78, 5) is 17.1. The zero-order chi connectivity index (χ0) is 15.2. The highest BCUT2D eigenvalue weighted by Gasteiger charge is 2.27. The van der Waals surface area contributed by atoms with Gasteiger partial charge in [0.1, 0.15) is 0 Å². The van der Waals surface area contributed by atoms with Crippen molar-refractivity contribution < 1.29 is 4.79 Å². The van der Waals surface area contributed by atoms with Gasteiger partial charge in [0, 0.05) is 32.6 Å². The van der Waals surface area contributed by atoms with Gasteiger partial charge in [-0.05, 0) is 57.2 Å². The first-order valence-electron chi connectivity index (χ1n) is 8.80. The van der Waals surface area contributed by atoms with Crippen molar-refractivity contribution in [2.75, 3.05) is 39.8 Å². The van der Waals surface area contributed by atoms with Crippen LogP contribution in [0, 0.1) is 11.8 Å². The zero-order valence-electron chi connectivity index (χ0n) is 14.9. The fraction of sp³-hybridized carbons (Fsp3) is 0.941. The van der Waals surface area contributed by atoms with Crippen molar-refractivity contribution in [1.29, 1.82) is 0 Å². The van der Waals surface area contributed by atoms with E-state index in [9.17, 15) is 4.79 Å². The Bertz CT molecular complexity index is 330. The molecule has 0 aromatic rings. The Hall–Kier alpha value is -0.0300. The number of halogens is 2. The van der Waals surface area contributed by atoms with E-state index < -0.39 is 0 Å². The van der Waals surface area contributed by atoms with E-state index in [4.69, 9.17) is 0 Å². The molecule has 0 aromatic carbocycles. The van der Waals surface area contributed by atoms with Crippen LogP contribution in [0.5, 0.6) is 0 Å². The van der Waals surface area contributed by atoms with Gasteiger partial charge in [0.2, 0.25) is 5.91 Å². The van der Waals surface area contributed by atoms with Crippen LogP contribution in [-0.4, -0.2) is 61.5 Å². The number of rotatable bonds is 5. The second-order valence-corrected chi connectivity index (χ2v) is 6.96. The summed E-state index contributed by atoms with van der Waals surface area (Å²) in [5, 5.41) is 3.46. The minimum atomic E-state index is 0. The van der Waals surface area contributed by atoms with E-state index in [-0.39, 0.29) is 24.8 Å². The first-order chi connectivity index (χ1) is 10.1. The fourth-order valence-electron chi connectivity index (χ4n) is 3.78. The minimum Gasteiger partial charge on any atom is -0.343 e. The molecule has 4 nitrogen and oxygen atoms in total. The highest BCUT2D eigenvalue weighted by molar-refractivity contribution is 5.85. The maximum atomic E-state index is 12.5. The molecule has 2 aliphatic heterocycles. The number of amides is 1. The van der Waals surface area contributed by atoms with E-state index in [0.717, 1.165) is 52.0 Å². The molecule has 2 unspecified atom stereocenters. The summed E-state index contributed by atoms with van der Waals surface area (Å²) in [6.07, 6.45) is 5.52. The molecule has 138 valence electrons. The smallest absolute Gasteiger partial charge is 0.222 e. The average molecular weight is 368 g/mol. The average Bonchev–Trinajstić information content (AvgIpc) is 2.55. The molecular weight excluding hydrogens is 333 g/mol. The van der Waals surface area contributed by atoms with Crippen molar-refractivity contribution in [3.8, 4) is 0 Å². The second kappa shape index (κ2) is 11.5. The Labute approximate surface area is 154 Å². The number of hydrogen-bond donors (Lipinski definition) is 1. The quantitative estimate of drug-likeness (QED) is 0.811. The Kier molecular flexibility index (Phi) is 11.5. The third-order valence-electron chi connectivity index (χ3n) is 5.58. The van der Waals surface area contributed by atoms with Crippen LogP contribution in [0.4, 0.5) is 0 Å². The molecule has 2 aliphatic rings. The Morgan fingerprint density at radius 2 is 1.91 bits per heavy atom. The van der Waals surface area contributed by atoms with Gasteiger partial charge in [0.05, 0.1) is 0 Å². The maximum Gasteiger partial charge on any atom is 0.222 e. The summed E-state index contributed by atoms with van der Waals surface area (Å²) in [5.41, 5.74) is 0. The van der Waals surface area contributed by atoms with E-state index >= 15 is 0 Å². The number of piperidine rings is 2. The molecule has 2 heterocycles. The van der Waals surface area contributed by atoms with Gasteiger partial charge in [0.15, 0.2) is 0 Å². The predicted octanol–water partition coefficient (Wildman–Crippen LogP) is 2.80. The molecule has 0 aromatic heterocycles. The van der Waals surface area contributed by atoms with Gasteiger partial charge in [-0.15, -0.1) is 24.8 Å². The summed E-state index contributed by atoms with van der Waals surface area (Å²) in [6.45, 7) is 10.1. The molecule has 0 bridgehead atoms. The summed E-state index contributed by atoms with van der Waals surface area (Å²) < 4.78 is 0. The lowest BCUT2D eigenvalue weighted by Gasteiger charge is -2.37. The van der Waals surface area contributed by atoms with Crippen LogP contribution >= 0.6 is 24.8 Å². The largest absolute Gasteiger partial charge is 0.343 e. The summed E-state index contributed by atoms with van der Waals surface area (Å²) in [5.74, 6) is 1.53. The topological polar surface area (TPSA) is 35.6 Å². The molecule has 6 heteroatoms. The summed E-state index contributed by atoms with van der Waals surface area (Å²) >= 11 is 0. The van der Waals surface area contributed by atoms with Crippen LogP contribution < -0.4 is 5.32 Å². The van der Waals surface area contributed by atoms with Gasteiger partial charge >= 0.3 is 0 Å². The van der Waals surface area contributed by atoms with E-state index in [0.29, 0.717) is 23.8 Å². The first-order valence-corrected chi connectivity index (χ1v) is 8.80. The molecule has 1 amide bonds. The van der Waals surface area contributed by atoms with Crippen LogP contribution in [0.15, 0.2) is 0 Å². The third kappa shape index (κ3) is 6.77. The molecule has 0 radical (unpaired) electrons. The third-order valence-corrected chi connectivity index (χ3v) is 5.58. The molecule has 2 fully saturated rings. The minimum absolute atomic E-state index is 0. The number of hydrogen-bond acceptors (Lipinski definition) is 3. The van der Waals surface area contributed by atoms with Gasteiger partial charge in [-0.1, -0.05) is 13.8 Å². The number of nitrogens with one attached hydrogen (secondary N) is 1. The van der Waals surface area contributed by atoms with Crippen molar-refractivity contribution in [1.82, 2.24) is 15.1 Å². The van der Waals surface area contributed by atoms with E-state index in [1.165, 1.54) is 12.8 Å². The molecule has 1 N–H and O–H groups in total. The molecule has 0 saturated carbocycles. The van der Waals surface area contributed by atoms with Gasteiger partial charge in [-0.3, -0.25) is 4.79 Å². The van der Waals surface area contributed by atoms with Crippen LogP contribution in [-0.2, 0) is 4.79 Å². The molecule has 2 rings (SSSR count). The van der Waals surface area contributed by atoms with Crippen LogP contribution in [0.1, 0.15) is 46.0 Å². The molecular formula is C17H35Cl2N3O. The van der Waals surface area contributed by atoms with E-state index in [2.05, 4.69) is 24.1 Å². The van der Waals surface area contributed by atoms with E-state index in [1.54, 1.807) is 0 Å². The lowest BCUT2D eigenvalue weighted by atomic mass is 9.85. The summed E-state index contributed by atoms with van der Waals surface area (Å²) in [6, 6.07) is 0.456. The van der Waals surface area contributed by atoms with Crippen LogP contribution in [0.25, 0.3) is 0 Å². The van der Waals surface area contributed by atoms with Gasteiger partial charge in [-0.2, -0.15) is 0 Å². The maximum absolute atomic E-state index is 12.5. The van der Waals surface area contributed by atoms with Crippen molar-refractivity contribution in [2.24, 2.45) is 11.8 Å². The molecule has 2 saturated heterocycles. The Balaban J connectivity index is 0.00000242. The Morgan fingerprint density at radius 3 is 2.43 bits per heavy atom. The van der Waals surface area contributed by atoms with Gasteiger partial charge < -0.3 is 15.1 Å². The monoisotopic (exact) mass is 367 g/mol. The molecule has 23 heavy (non-hydrogen) atoms. The molecule has 0 aliphatic carbocycles. The highest BCUT2D eigenvalue weighted by atomic mass is 35.5. The van der Waals surface area contributed by atoms with Crippen molar-refractivity contribution in [3.63, 3.8) is 0 Å². The Morgan fingerprint density at radius 1 is 1.26 bits per heavy atom.